The van der Waals surface area contributed by atoms with E-state index in [1.807, 2.05) is 0 Å². The monoisotopic (exact) mass is 332 g/mol. The van der Waals surface area contributed by atoms with Crippen LogP contribution in [0.2, 0.25) is 0 Å². The molecule has 0 saturated carbocycles. The highest BCUT2D eigenvalue weighted by molar-refractivity contribution is 5.14. The smallest absolute Gasteiger partial charge is 0.00922 e. The molecular weight excluding hydrogens is 288 g/mol. The Labute approximate surface area is 153 Å². The molecule has 0 heteroatoms. The van der Waals surface area contributed by atoms with Crippen molar-refractivity contribution < 1.29 is 0 Å². The summed E-state index contributed by atoms with van der Waals surface area (Å²) in [7, 11) is 0. The number of unbranched alkanes of at least 4 members (excludes halogenated alkanes) is 16. The molecule has 0 N–H and O–H groups in total. The van der Waals surface area contributed by atoms with Crippen LogP contribution in [0.3, 0.4) is 0 Å². The highest BCUT2D eigenvalue weighted by Gasteiger charge is 1.91. The van der Waals surface area contributed by atoms with Gasteiger partial charge in [-0.05, 0) is 25.3 Å². The van der Waals surface area contributed by atoms with Gasteiger partial charge in [-0.2, -0.15) is 0 Å². The normalized spacial score (nSPS) is 10.9. The molecule has 0 radical (unpaired) electrons. The second kappa shape index (κ2) is 22.3. The summed E-state index contributed by atoms with van der Waals surface area (Å²) < 4.78 is 0. The van der Waals surface area contributed by atoms with Gasteiger partial charge in [0.2, 0.25) is 0 Å². The van der Waals surface area contributed by atoms with Crippen LogP contribution in [0.4, 0.5) is 0 Å². The molecule has 0 atom stereocenters. The van der Waals surface area contributed by atoms with Crippen molar-refractivity contribution in [3.05, 3.63) is 12.2 Å². The molecule has 24 heavy (non-hydrogen) atoms. The van der Waals surface area contributed by atoms with Gasteiger partial charge in [-0.25, -0.2) is 0 Å². The van der Waals surface area contributed by atoms with Gasteiger partial charge >= 0.3 is 0 Å². The summed E-state index contributed by atoms with van der Waals surface area (Å²) in [6.45, 7) is 4.56. The van der Waals surface area contributed by atoms with Crippen molar-refractivity contribution in [2.45, 2.75) is 129 Å². The van der Waals surface area contributed by atoms with Crippen LogP contribution in [-0.4, -0.2) is 0 Å². The lowest BCUT2D eigenvalue weighted by Crippen LogP contribution is -1.80. The van der Waals surface area contributed by atoms with Crippen LogP contribution in [0, 0.1) is 11.8 Å². The number of hydrogen-bond acceptors (Lipinski definition) is 0. The standard InChI is InChI=1S/C24H44/c1-3-5-7-9-11-13-15-17-19-21-23-24-22-20-18-16-14-12-10-8-6-4-2/h21,23H,3-20H2,1-2H3/b23-21+. The van der Waals surface area contributed by atoms with Crippen molar-refractivity contribution in [1.82, 2.24) is 0 Å². The SMILES string of the molecule is CCCCCCCCCCC#C/C=C/CCCCCCCCCC. The van der Waals surface area contributed by atoms with Crippen molar-refractivity contribution in [3.63, 3.8) is 0 Å². The van der Waals surface area contributed by atoms with Crippen LogP contribution in [-0.2, 0) is 0 Å². The number of rotatable bonds is 17. The zero-order chi connectivity index (χ0) is 17.6. The molecule has 0 bridgehead atoms. The first-order valence-corrected chi connectivity index (χ1v) is 11.0. The molecule has 140 valence electrons. The van der Waals surface area contributed by atoms with Crippen LogP contribution in [0.15, 0.2) is 12.2 Å². The molecule has 0 amide bonds. The highest BCUT2D eigenvalue weighted by atomic mass is 14.0. The summed E-state index contributed by atoms with van der Waals surface area (Å²) >= 11 is 0. The molecule has 0 aliphatic carbocycles. The molecule has 0 aliphatic rings. The minimum absolute atomic E-state index is 1.08. The topological polar surface area (TPSA) is 0 Å². The average molecular weight is 333 g/mol. The Kier molecular flexibility index (Phi) is 21.6. The van der Waals surface area contributed by atoms with Gasteiger partial charge in [0, 0.05) is 6.42 Å². The maximum Gasteiger partial charge on any atom is 0.00922 e. The quantitative estimate of drug-likeness (QED) is 0.185. The van der Waals surface area contributed by atoms with Gasteiger partial charge in [0.15, 0.2) is 0 Å². The van der Waals surface area contributed by atoms with Gasteiger partial charge in [-0.3, -0.25) is 0 Å². The third-order valence-electron chi connectivity index (χ3n) is 4.68. The molecule has 0 spiro atoms. The molecule has 0 rings (SSSR count). The largest absolute Gasteiger partial charge is 0.0985 e. The lowest BCUT2D eigenvalue weighted by molar-refractivity contribution is 0.577. The van der Waals surface area contributed by atoms with Gasteiger partial charge in [0.25, 0.3) is 0 Å². The lowest BCUT2D eigenvalue weighted by Gasteiger charge is -1.99. The van der Waals surface area contributed by atoms with Crippen LogP contribution < -0.4 is 0 Å². The summed E-state index contributed by atoms with van der Waals surface area (Å²) in [5, 5.41) is 0. The van der Waals surface area contributed by atoms with Crippen molar-refractivity contribution in [2.24, 2.45) is 0 Å². The van der Waals surface area contributed by atoms with E-state index in [1.165, 1.54) is 109 Å². The molecule has 0 aliphatic heterocycles. The molecular formula is C24H44. The summed E-state index contributed by atoms with van der Waals surface area (Å²) in [5.74, 6) is 6.49. The van der Waals surface area contributed by atoms with Gasteiger partial charge in [0.1, 0.15) is 0 Å². The third-order valence-corrected chi connectivity index (χ3v) is 4.68. The van der Waals surface area contributed by atoms with Gasteiger partial charge in [-0.1, -0.05) is 122 Å². The minimum atomic E-state index is 1.08. The summed E-state index contributed by atoms with van der Waals surface area (Å²) in [5.41, 5.74) is 0. The highest BCUT2D eigenvalue weighted by Crippen LogP contribution is 2.10. The number of allylic oxidation sites excluding steroid dienone is 2. The molecule has 0 aromatic carbocycles. The molecule has 0 heterocycles. The van der Waals surface area contributed by atoms with Crippen molar-refractivity contribution in [2.75, 3.05) is 0 Å². The van der Waals surface area contributed by atoms with Gasteiger partial charge < -0.3 is 0 Å². The first kappa shape index (κ1) is 23.3. The van der Waals surface area contributed by atoms with E-state index < -0.39 is 0 Å². The first-order chi connectivity index (χ1) is 11.9. The van der Waals surface area contributed by atoms with E-state index >= 15 is 0 Å². The molecule has 0 saturated heterocycles. The Balaban J connectivity index is 3.19. The van der Waals surface area contributed by atoms with E-state index in [4.69, 9.17) is 0 Å². The first-order valence-electron chi connectivity index (χ1n) is 11.0. The van der Waals surface area contributed by atoms with Crippen LogP contribution in [0.25, 0.3) is 0 Å². The van der Waals surface area contributed by atoms with E-state index in [1.54, 1.807) is 0 Å². The third kappa shape index (κ3) is 21.3. The molecule has 0 nitrogen and oxygen atoms in total. The van der Waals surface area contributed by atoms with Crippen LogP contribution in [0.1, 0.15) is 129 Å². The molecule has 0 aromatic rings. The fraction of sp³-hybridized carbons (Fsp3) is 0.833. The minimum Gasteiger partial charge on any atom is -0.0985 e. The summed E-state index contributed by atoms with van der Waals surface area (Å²) in [4.78, 5) is 0. The Morgan fingerprint density at radius 1 is 0.542 bits per heavy atom. The fourth-order valence-corrected chi connectivity index (χ4v) is 3.02. The second-order valence-electron chi connectivity index (χ2n) is 7.21. The second-order valence-corrected chi connectivity index (χ2v) is 7.21. The summed E-state index contributed by atoms with van der Waals surface area (Å²) in [6.07, 6.45) is 28.9. The van der Waals surface area contributed by atoms with E-state index in [-0.39, 0.29) is 0 Å². The molecule has 0 fully saturated rings. The predicted molar refractivity (Wildman–Crippen MR) is 111 cm³/mol. The van der Waals surface area contributed by atoms with E-state index in [9.17, 15) is 0 Å². The van der Waals surface area contributed by atoms with Crippen molar-refractivity contribution in [1.29, 1.82) is 0 Å². The van der Waals surface area contributed by atoms with Crippen LogP contribution >= 0.6 is 0 Å². The zero-order valence-corrected chi connectivity index (χ0v) is 16.9. The van der Waals surface area contributed by atoms with E-state index in [0.717, 1.165) is 6.42 Å². The van der Waals surface area contributed by atoms with Crippen LogP contribution in [0.5, 0.6) is 0 Å². The fourth-order valence-electron chi connectivity index (χ4n) is 3.02. The average Bonchev–Trinajstić information content (AvgIpc) is 2.60. The Morgan fingerprint density at radius 2 is 1.00 bits per heavy atom. The molecule has 0 aromatic heterocycles. The lowest BCUT2D eigenvalue weighted by atomic mass is 10.1. The van der Waals surface area contributed by atoms with Gasteiger partial charge in [-0.15, -0.1) is 0 Å². The van der Waals surface area contributed by atoms with E-state index in [0.29, 0.717) is 0 Å². The van der Waals surface area contributed by atoms with Gasteiger partial charge in [0.05, 0.1) is 0 Å². The maximum absolute atomic E-state index is 3.29. The predicted octanol–water partition coefficient (Wildman–Crippen LogP) is 8.61. The van der Waals surface area contributed by atoms with E-state index in [2.05, 4.69) is 37.8 Å². The summed E-state index contributed by atoms with van der Waals surface area (Å²) in [6, 6.07) is 0. The number of hydrogen-bond donors (Lipinski definition) is 0. The Bertz CT molecular complexity index is 302. The van der Waals surface area contributed by atoms with Crippen molar-refractivity contribution >= 4 is 0 Å². The Hall–Kier alpha value is -0.700. The van der Waals surface area contributed by atoms with Crippen molar-refractivity contribution in [3.8, 4) is 11.8 Å². The molecule has 0 unspecified atom stereocenters. The maximum atomic E-state index is 3.29. The Morgan fingerprint density at radius 3 is 1.54 bits per heavy atom. The zero-order valence-electron chi connectivity index (χ0n) is 16.9.